The Morgan fingerprint density at radius 1 is 1.17 bits per heavy atom. The van der Waals surface area contributed by atoms with Crippen molar-refractivity contribution in [3.8, 4) is 11.3 Å². The first-order chi connectivity index (χ1) is 11.0. The largest absolute Gasteiger partial charge is 0.368 e. The summed E-state index contributed by atoms with van der Waals surface area (Å²) in [7, 11) is 0. The number of carbonyl (C=O) groups excluding carboxylic acids is 2. The molecule has 1 aromatic heterocycles. The molecular formula is C16H18N4O3. The summed E-state index contributed by atoms with van der Waals surface area (Å²) in [4.78, 5) is 34.1. The van der Waals surface area contributed by atoms with Gasteiger partial charge in [-0.1, -0.05) is 31.2 Å². The lowest BCUT2D eigenvalue weighted by Crippen LogP contribution is -2.38. The van der Waals surface area contributed by atoms with E-state index < -0.39 is 17.4 Å². The Morgan fingerprint density at radius 3 is 2.48 bits per heavy atom. The van der Waals surface area contributed by atoms with E-state index in [1.54, 1.807) is 6.07 Å². The quantitative estimate of drug-likeness (QED) is 0.787. The average molecular weight is 314 g/mol. The highest BCUT2D eigenvalue weighted by molar-refractivity contribution is 5.83. The molecule has 2 aromatic rings. The Balaban J connectivity index is 2.19. The van der Waals surface area contributed by atoms with Crippen molar-refractivity contribution in [3.05, 3.63) is 52.3 Å². The Hall–Kier alpha value is -2.96. The summed E-state index contributed by atoms with van der Waals surface area (Å²) in [6, 6.07) is 10.8. The molecule has 0 radical (unpaired) electrons. The molecule has 0 bridgehead atoms. The van der Waals surface area contributed by atoms with Crippen LogP contribution in [0.4, 0.5) is 0 Å². The third-order valence-corrected chi connectivity index (χ3v) is 3.28. The monoisotopic (exact) mass is 314 g/mol. The molecule has 0 aliphatic heterocycles. The molecule has 0 unspecified atom stereocenters. The number of aryl methyl sites for hydroxylation is 1. The second-order valence-corrected chi connectivity index (χ2v) is 5.01. The number of primary amides is 1. The SMILES string of the molecule is CCc1ccc(-c2ccc(=O)n(CC(=O)NCC(N)=O)n2)cc1. The minimum Gasteiger partial charge on any atom is -0.368 e. The minimum absolute atomic E-state index is 0.271. The molecule has 0 spiro atoms. The highest BCUT2D eigenvalue weighted by Crippen LogP contribution is 2.16. The van der Waals surface area contributed by atoms with E-state index in [0.717, 1.165) is 16.7 Å². The van der Waals surface area contributed by atoms with E-state index in [9.17, 15) is 14.4 Å². The summed E-state index contributed by atoms with van der Waals surface area (Å²) < 4.78 is 1.05. The number of hydrogen-bond acceptors (Lipinski definition) is 4. The molecule has 1 heterocycles. The van der Waals surface area contributed by atoms with Crippen LogP contribution in [0, 0.1) is 0 Å². The molecule has 0 saturated heterocycles. The van der Waals surface area contributed by atoms with E-state index in [1.165, 1.54) is 11.6 Å². The molecule has 7 nitrogen and oxygen atoms in total. The molecule has 0 saturated carbocycles. The third kappa shape index (κ3) is 4.50. The number of hydrogen-bond donors (Lipinski definition) is 2. The van der Waals surface area contributed by atoms with Crippen LogP contribution < -0.4 is 16.6 Å². The second-order valence-electron chi connectivity index (χ2n) is 5.01. The van der Waals surface area contributed by atoms with Crippen molar-refractivity contribution in [2.24, 2.45) is 5.73 Å². The molecule has 2 rings (SSSR count). The molecule has 7 heteroatoms. The molecule has 0 aliphatic rings. The van der Waals surface area contributed by atoms with Gasteiger partial charge in [-0.2, -0.15) is 5.10 Å². The molecule has 2 amide bonds. The maximum Gasteiger partial charge on any atom is 0.267 e. The van der Waals surface area contributed by atoms with Gasteiger partial charge in [0.05, 0.1) is 12.2 Å². The van der Waals surface area contributed by atoms with E-state index in [-0.39, 0.29) is 13.1 Å². The van der Waals surface area contributed by atoms with Crippen molar-refractivity contribution in [1.82, 2.24) is 15.1 Å². The van der Waals surface area contributed by atoms with Crippen molar-refractivity contribution in [2.45, 2.75) is 19.9 Å². The fourth-order valence-electron chi connectivity index (χ4n) is 2.00. The van der Waals surface area contributed by atoms with E-state index in [2.05, 4.69) is 17.3 Å². The topological polar surface area (TPSA) is 107 Å². The number of amides is 2. The lowest BCUT2D eigenvalue weighted by atomic mass is 10.1. The van der Waals surface area contributed by atoms with Crippen LogP contribution in [0.15, 0.2) is 41.2 Å². The smallest absolute Gasteiger partial charge is 0.267 e. The molecule has 23 heavy (non-hydrogen) atoms. The molecule has 0 fully saturated rings. The normalized spacial score (nSPS) is 10.3. The number of nitrogens with two attached hydrogens (primary N) is 1. The van der Waals surface area contributed by atoms with Gasteiger partial charge in [0, 0.05) is 11.6 Å². The van der Waals surface area contributed by atoms with Gasteiger partial charge in [-0.15, -0.1) is 0 Å². The van der Waals surface area contributed by atoms with Crippen molar-refractivity contribution in [2.75, 3.05) is 6.54 Å². The first-order valence-corrected chi connectivity index (χ1v) is 7.22. The molecular weight excluding hydrogens is 296 g/mol. The number of benzene rings is 1. The summed E-state index contributed by atoms with van der Waals surface area (Å²) in [5.41, 5.74) is 7.20. The van der Waals surface area contributed by atoms with Crippen LogP contribution >= 0.6 is 0 Å². The van der Waals surface area contributed by atoms with Crippen molar-refractivity contribution >= 4 is 11.8 Å². The Labute approximate surface area is 133 Å². The fourth-order valence-corrected chi connectivity index (χ4v) is 2.00. The Kier molecular flexibility index (Phi) is 5.24. The Bertz CT molecular complexity index is 766. The third-order valence-electron chi connectivity index (χ3n) is 3.28. The zero-order valence-electron chi connectivity index (χ0n) is 12.8. The summed E-state index contributed by atoms with van der Waals surface area (Å²) >= 11 is 0. The number of aromatic nitrogens is 2. The van der Waals surface area contributed by atoms with Gasteiger partial charge in [0.15, 0.2) is 0 Å². The van der Waals surface area contributed by atoms with Crippen molar-refractivity contribution in [3.63, 3.8) is 0 Å². The van der Waals surface area contributed by atoms with Crippen LogP contribution in [0.1, 0.15) is 12.5 Å². The summed E-state index contributed by atoms with van der Waals surface area (Å²) in [5, 5.41) is 6.51. The zero-order chi connectivity index (χ0) is 16.8. The van der Waals surface area contributed by atoms with Crippen LogP contribution in [0.3, 0.4) is 0 Å². The number of rotatable bonds is 6. The number of nitrogens with zero attached hydrogens (tertiary/aromatic N) is 2. The van der Waals surface area contributed by atoms with Gasteiger partial charge in [0.2, 0.25) is 11.8 Å². The Morgan fingerprint density at radius 2 is 1.87 bits per heavy atom. The van der Waals surface area contributed by atoms with Gasteiger partial charge in [0.1, 0.15) is 6.54 Å². The molecule has 0 atom stereocenters. The van der Waals surface area contributed by atoms with Gasteiger partial charge in [-0.25, -0.2) is 4.68 Å². The van der Waals surface area contributed by atoms with Gasteiger partial charge >= 0.3 is 0 Å². The number of carbonyl (C=O) groups is 2. The lowest BCUT2D eigenvalue weighted by molar-refractivity contribution is -0.125. The van der Waals surface area contributed by atoms with Crippen LogP contribution in [-0.2, 0) is 22.6 Å². The summed E-state index contributed by atoms with van der Waals surface area (Å²) in [5.74, 6) is -1.15. The first-order valence-electron chi connectivity index (χ1n) is 7.22. The van der Waals surface area contributed by atoms with Gasteiger partial charge < -0.3 is 11.1 Å². The number of nitrogens with one attached hydrogen (secondary N) is 1. The van der Waals surface area contributed by atoms with Gasteiger partial charge in [0.25, 0.3) is 5.56 Å². The maximum absolute atomic E-state index is 11.8. The van der Waals surface area contributed by atoms with Crippen LogP contribution in [0.2, 0.25) is 0 Å². The highest BCUT2D eigenvalue weighted by atomic mass is 16.2. The fraction of sp³-hybridized carbons (Fsp3) is 0.250. The van der Waals surface area contributed by atoms with E-state index in [0.29, 0.717) is 5.69 Å². The highest BCUT2D eigenvalue weighted by Gasteiger charge is 2.08. The van der Waals surface area contributed by atoms with E-state index in [1.807, 2.05) is 24.3 Å². The summed E-state index contributed by atoms with van der Waals surface area (Å²) in [6.45, 7) is 1.52. The van der Waals surface area contributed by atoms with Crippen molar-refractivity contribution < 1.29 is 9.59 Å². The molecule has 0 aliphatic carbocycles. The van der Waals surface area contributed by atoms with E-state index in [4.69, 9.17) is 5.73 Å². The van der Waals surface area contributed by atoms with Crippen molar-refractivity contribution in [1.29, 1.82) is 0 Å². The molecule has 3 N–H and O–H groups in total. The zero-order valence-corrected chi connectivity index (χ0v) is 12.8. The second kappa shape index (κ2) is 7.35. The minimum atomic E-state index is -0.650. The van der Waals surface area contributed by atoms with E-state index >= 15 is 0 Å². The molecule has 120 valence electrons. The average Bonchev–Trinajstić information content (AvgIpc) is 2.55. The van der Waals surface area contributed by atoms with Crippen LogP contribution in [-0.4, -0.2) is 28.1 Å². The van der Waals surface area contributed by atoms with Crippen LogP contribution in [0.5, 0.6) is 0 Å². The van der Waals surface area contributed by atoms with Crippen LogP contribution in [0.25, 0.3) is 11.3 Å². The lowest BCUT2D eigenvalue weighted by Gasteiger charge is -2.08. The summed E-state index contributed by atoms with van der Waals surface area (Å²) in [6.07, 6.45) is 0.938. The predicted octanol–water partition coefficient (Wildman–Crippen LogP) is 0.0742. The van der Waals surface area contributed by atoms with Gasteiger partial charge in [-0.3, -0.25) is 14.4 Å². The first kappa shape index (κ1) is 16.4. The van der Waals surface area contributed by atoms with Gasteiger partial charge in [-0.05, 0) is 18.1 Å². The predicted molar refractivity (Wildman–Crippen MR) is 85.5 cm³/mol. The molecule has 1 aromatic carbocycles. The standard InChI is InChI=1S/C16H18N4O3/c1-2-11-3-5-12(6-4-11)13-7-8-16(23)20(19-13)10-15(22)18-9-14(17)21/h3-8H,2,9-10H2,1H3,(H2,17,21)(H,18,22). The maximum atomic E-state index is 11.8.